The maximum absolute atomic E-state index is 12.9. The normalized spacial score (nSPS) is 27.9. The molecule has 0 radical (unpaired) electrons. The molecule has 0 aromatic carbocycles. The van der Waals surface area contributed by atoms with Crippen LogP contribution in [0.4, 0.5) is 0 Å². The van der Waals surface area contributed by atoms with Gasteiger partial charge in [0.1, 0.15) is 24.2 Å². The topological polar surface area (TPSA) is 114 Å². The molecule has 1 aliphatic heterocycles. The summed E-state index contributed by atoms with van der Waals surface area (Å²) in [6.45, 7) is 12.8. The van der Waals surface area contributed by atoms with Crippen molar-refractivity contribution >= 4 is 23.7 Å². The van der Waals surface area contributed by atoms with Crippen LogP contribution in [0.5, 0.6) is 0 Å². The lowest BCUT2D eigenvalue weighted by Crippen LogP contribution is -2.56. The van der Waals surface area contributed by atoms with Gasteiger partial charge in [0.2, 0.25) is 17.7 Å². The number of amides is 3. The number of carbonyl (C=O) groups is 4. The number of cyclic esters (lactones) is 1. The van der Waals surface area contributed by atoms with Crippen LogP contribution in [0.25, 0.3) is 0 Å². The lowest BCUT2D eigenvalue weighted by Gasteiger charge is -2.28. The fourth-order valence-electron chi connectivity index (χ4n) is 3.39. The van der Waals surface area contributed by atoms with E-state index in [1.54, 1.807) is 6.92 Å². The van der Waals surface area contributed by atoms with Crippen LogP contribution < -0.4 is 16.0 Å². The van der Waals surface area contributed by atoms with Gasteiger partial charge in [-0.1, -0.05) is 54.4 Å². The van der Waals surface area contributed by atoms with Crippen LogP contribution in [-0.2, 0) is 23.9 Å². The maximum Gasteiger partial charge on any atom is 0.329 e. The van der Waals surface area contributed by atoms with Crippen molar-refractivity contribution < 1.29 is 23.9 Å². The molecule has 0 saturated carbocycles. The van der Waals surface area contributed by atoms with Gasteiger partial charge >= 0.3 is 5.97 Å². The summed E-state index contributed by atoms with van der Waals surface area (Å²) in [7, 11) is 0. The van der Waals surface area contributed by atoms with E-state index in [1.165, 1.54) is 0 Å². The number of unbranched alkanes of at least 4 members (excludes halogenated alkanes) is 1. The zero-order valence-electron chi connectivity index (χ0n) is 19.4. The Labute approximate surface area is 180 Å². The Hall–Kier alpha value is -2.12. The minimum atomic E-state index is -0.859. The van der Waals surface area contributed by atoms with Gasteiger partial charge in [-0.15, -0.1) is 0 Å². The maximum atomic E-state index is 12.9. The van der Waals surface area contributed by atoms with Crippen LogP contribution in [0.1, 0.15) is 74.1 Å². The number of nitrogens with one attached hydrogen (secondary N) is 3. The molecule has 8 nitrogen and oxygen atoms in total. The highest BCUT2D eigenvalue weighted by Gasteiger charge is 2.35. The minimum Gasteiger partial charge on any atom is -0.460 e. The smallest absolute Gasteiger partial charge is 0.329 e. The van der Waals surface area contributed by atoms with E-state index in [9.17, 15) is 19.2 Å². The number of hydrogen-bond donors (Lipinski definition) is 3. The Bertz CT molecular complexity index is 620. The molecular formula is C22H39N3O5. The fourth-order valence-corrected chi connectivity index (χ4v) is 3.39. The summed E-state index contributed by atoms with van der Waals surface area (Å²) in [5.41, 5.74) is 0. The van der Waals surface area contributed by atoms with Gasteiger partial charge in [0.15, 0.2) is 0 Å². The molecule has 0 aromatic heterocycles. The molecule has 0 spiro atoms. The van der Waals surface area contributed by atoms with Crippen LogP contribution in [0.2, 0.25) is 0 Å². The molecule has 0 aromatic rings. The van der Waals surface area contributed by atoms with Crippen molar-refractivity contribution in [3.05, 3.63) is 0 Å². The highest BCUT2D eigenvalue weighted by molar-refractivity contribution is 5.94. The third kappa shape index (κ3) is 7.61. The summed E-state index contributed by atoms with van der Waals surface area (Å²) in [6.07, 6.45) is 2.11. The zero-order chi connectivity index (χ0) is 23.0. The number of rotatable bonds is 6. The lowest BCUT2D eigenvalue weighted by molar-refractivity contribution is -0.158. The zero-order valence-corrected chi connectivity index (χ0v) is 19.4. The Morgan fingerprint density at radius 3 is 2.03 bits per heavy atom. The van der Waals surface area contributed by atoms with Crippen molar-refractivity contribution in [1.82, 2.24) is 16.0 Å². The van der Waals surface area contributed by atoms with Gasteiger partial charge < -0.3 is 20.7 Å². The lowest BCUT2D eigenvalue weighted by atomic mass is 9.94. The van der Waals surface area contributed by atoms with Crippen molar-refractivity contribution in [2.75, 3.05) is 0 Å². The molecule has 1 fully saturated rings. The molecular weight excluding hydrogens is 386 g/mol. The van der Waals surface area contributed by atoms with Gasteiger partial charge in [0, 0.05) is 0 Å². The second kappa shape index (κ2) is 11.9. The van der Waals surface area contributed by atoms with Crippen LogP contribution in [0.15, 0.2) is 0 Å². The molecule has 30 heavy (non-hydrogen) atoms. The number of ether oxygens (including phenoxy) is 1. The van der Waals surface area contributed by atoms with Gasteiger partial charge in [-0.3, -0.25) is 14.4 Å². The quantitative estimate of drug-likeness (QED) is 0.563. The monoisotopic (exact) mass is 425 g/mol. The van der Waals surface area contributed by atoms with Crippen molar-refractivity contribution in [2.24, 2.45) is 17.8 Å². The van der Waals surface area contributed by atoms with Crippen molar-refractivity contribution in [3.63, 3.8) is 0 Å². The molecule has 0 aliphatic carbocycles. The predicted octanol–water partition coefficient (Wildman–Crippen LogP) is 1.91. The Morgan fingerprint density at radius 2 is 1.50 bits per heavy atom. The van der Waals surface area contributed by atoms with E-state index in [1.807, 2.05) is 34.6 Å². The largest absolute Gasteiger partial charge is 0.460 e. The van der Waals surface area contributed by atoms with Crippen molar-refractivity contribution in [2.45, 2.75) is 98.4 Å². The summed E-state index contributed by atoms with van der Waals surface area (Å²) in [5.74, 6) is -2.21. The highest BCUT2D eigenvalue weighted by Crippen LogP contribution is 2.20. The summed E-state index contributed by atoms with van der Waals surface area (Å²) in [4.78, 5) is 50.9. The minimum absolute atomic E-state index is 0.0264. The summed E-state index contributed by atoms with van der Waals surface area (Å²) in [6, 6.07) is -2.50. The summed E-state index contributed by atoms with van der Waals surface area (Å²) >= 11 is 0. The fraction of sp³-hybridized carbons (Fsp3) is 0.818. The molecule has 172 valence electrons. The van der Waals surface area contributed by atoms with Crippen LogP contribution >= 0.6 is 0 Å². The van der Waals surface area contributed by atoms with E-state index >= 15 is 0 Å². The molecule has 1 aliphatic rings. The third-order valence-corrected chi connectivity index (χ3v) is 5.54. The summed E-state index contributed by atoms with van der Waals surface area (Å²) < 4.78 is 5.75. The first-order valence-electron chi connectivity index (χ1n) is 11.1. The van der Waals surface area contributed by atoms with E-state index in [-0.39, 0.29) is 30.1 Å². The van der Waals surface area contributed by atoms with E-state index in [2.05, 4.69) is 22.9 Å². The van der Waals surface area contributed by atoms with Crippen molar-refractivity contribution in [1.29, 1.82) is 0 Å². The molecule has 1 rings (SSSR count). The van der Waals surface area contributed by atoms with Crippen LogP contribution in [-0.4, -0.2) is 47.9 Å². The second-order valence-corrected chi connectivity index (χ2v) is 9.05. The van der Waals surface area contributed by atoms with Crippen LogP contribution in [0.3, 0.4) is 0 Å². The Balaban J connectivity index is 3.24. The van der Waals surface area contributed by atoms with E-state index in [0.717, 1.165) is 19.3 Å². The Kier molecular flexibility index (Phi) is 10.3. The number of hydrogen-bond acceptors (Lipinski definition) is 5. The van der Waals surface area contributed by atoms with Gasteiger partial charge in [-0.25, -0.2) is 4.79 Å². The molecule has 1 heterocycles. The molecule has 1 saturated heterocycles. The number of esters is 1. The SMILES string of the molecule is CCCCC(C)C1CC(=O)NC(C(C)C)C(=O)NC(C)C(=O)NC(C(C)C)C(=O)O1. The van der Waals surface area contributed by atoms with E-state index < -0.39 is 42.0 Å². The highest BCUT2D eigenvalue weighted by atomic mass is 16.5. The molecule has 5 unspecified atom stereocenters. The van der Waals surface area contributed by atoms with Gasteiger partial charge in [0.25, 0.3) is 0 Å². The molecule has 8 heteroatoms. The first-order chi connectivity index (χ1) is 14.0. The molecule has 5 atom stereocenters. The van der Waals surface area contributed by atoms with Crippen LogP contribution in [0, 0.1) is 17.8 Å². The second-order valence-electron chi connectivity index (χ2n) is 9.05. The first kappa shape index (κ1) is 25.9. The third-order valence-electron chi connectivity index (χ3n) is 5.54. The molecule has 3 N–H and O–H groups in total. The Morgan fingerprint density at radius 1 is 0.900 bits per heavy atom. The van der Waals surface area contributed by atoms with E-state index in [0.29, 0.717) is 0 Å². The number of carbonyl (C=O) groups excluding carboxylic acids is 4. The van der Waals surface area contributed by atoms with E-state index in [4.69, 9.17) is 4.74 Å². The average molecular weight is 426 g/mol. The van der Waals surface area contributed by atoms with Crippen molar-refractivity contribution in [3.8, 4) is 0 Å². The average Bonchev–Trinajstić information content (AvgIpc) is 2.66. The summed E-state index contributed by atoms with van der Waals surface area (Å²) in [5, 5.41) is 8.09. The predicted molar refractivity (Wildman–Crippen MR) is 114 cm³/mol. The van der Waals surface area contributed by atoms with Gasteiger partial charge in [-0.05, 0) is 31.1 Å². The first-order valence-corrected chi connectivity index (χ1v) is 11.1. The standard InChI is InChI=1S/C22H39N3O5/c1-8-9-10-14(6)16-11-17(26)24-18(12(2)3)21(28)23-15(7)20(27)25-19(13(4)5)22(29)30-16/h12-16,18-19H,8-11H2,1-7H3,(H,23,28)(H,24,26)(H,25,27). The molecule has 3 amide bonds. The van der Waals surface area contributed by atoms with Gasteiger partial charge in [0.05, 0.1) is 6.42 Å². The molecule has 0 bridgehead atoms. The van der Waals surface area contributed by atoms with Gasteiger partial charge in [-0.2, -0.15) is 0 Å².